The van der Waals surface area contributed by atoms with Crippen LogP contribution in [0.1, 0.15) is 29.3 Å². The van der Waals surface area contributed by atoms with Crippen molar-refractivity contribution >= 4 is 33.3 Å². The summed E-state index contributed by atoms with van der Waals surface area (Å²) in [5, 5.41) is 3.38. The van der Waals surface area contributed by atoms with Gasteiger partial charge in [-0.05, 0) is 43.2 Å². The molecular formula is C19H21ClN2O4S. The predicted molar refractivity (Wildman–Crippen MR) is 104 cm³/mol. The number of sulfonamides is 1. The Balaban J connectivity index is 1.78. The molecule has 0 saturated heterocycles. The second kappa shape index (κ2) is 9.64. The van der Waals surface area contributed by atoms with E-state index in [9.17, 15) is 18.0 Å². The summed E-state index contributed by atoms with van der Waals surface area (Å²) < 4.78 is 26.9. The maximum atomic E-state index is 12.3. The summed E-state index contributed by atoms with van der Waals surface area (Å²) in [6.45, 7) is 1.77. The zero-order valence-corrected chi connectivity index (χ0v) is 16.4. The Labute approximate surface area is 164 Å². The molecule has 0 unspecified atom stereocenters. The maximum absolute atomic E-state index is 12.3. The van der Waals surface area contributed by atoms with Crippen LogP contribution in [0.15, 0.2) is 53.4 Å². The second-order valence-corrected chi connectivity index (χ2v) is 8.17. The molecule has 6 nitrogen and oxygen atoms in total. The number of amides is 1. The quantitative estimate of drug-likeness (QED) is 0.624. The Morgan fingerprint density at radius 3 is 2.48 bits per heavy atom. The normalized spacial score (nSPS) is 11.2. The van der Waals surface area contributed by atoms with E-state index in [4.69, 9.17) is 11.6 Å². The first-order chi connectivity index (χ1) is 12.8. The number of benzene rings is 2. The summed E-state index contributed by atoms with van der Waals surface area (Å²) in [5.41, 5.74) is 1.32. The van der Waals surface area contributed by atoms with Crippen molar-refractivity contribution in [1.82, 2.24) is 10.0 Å². The molecule has 0 radical (unpaired) electrons. The van der Waals surface area contributed by atoms with Gasteiger partial charge in [-0.2, -0.15) is 0 Å². The van der Waals surface area contributed by atoms with Gasteiger partial charge >= 0.3 is 0 Å². The van der Waals surface area contributed by atoms with E-state index < -0.39 is 10.0 Å². The molecule has 0 fully saturated rings. The summed E-state index contributed by atoms with van der Waals surface area (Å²) in [4.78, 5) is 23.2. The number of nitrogens with one attached hydrogen (secondary N) is 2. The molecular weight excluding hydrogens is 388 g/mol. The first-order valence-electron chi connectivity index (χ1n) is 8.40. The molecule has 2 N–H and O–H groups in total. The lowest BCUT2D eigenvalue weighted by Gasteiger charge is -2.08. The van der Waals surface area contributed by atoms with Crippen molar-refractivity contribution in [3.05, 3.63) is 64.7 Å². The number of hydrogen-bond donors (Lipinski definition) is 2. The topological polar surface area (TPSA) is 92.3 Å². The fraction of sp³-hybridized carbons (Fsp3) is 0.263. The monoisotopic (exact) mass is 408 g/mol. The van der Waals surface area contributed by atoms with Crippen molar-refractivity contribution in [3.63, 3.8) is 0 Å². The highest BCUT2D eigenvalue weighted by Gasteiger charge is 2.15. The van der Waals surface area contributed by atoms with E-state index in [2.05, 4.69) is 10.0 Å². The largest absolute Gasteiger partial charge is 0.356 e. The number of carbonyl (C=O) groups is 2. The predicted octanol–water partition coefficient (Wildman–Crippen LogP) is 2.57. The number of Topliss-reactive ketones (excluding diaryl/α,β-unsaturated/α-hetero) is 1. The van der Waals surface area contributed by atoms with Crippen LogP contribution in [0.5, 0.6) is 0 Å². The molecule has 8 heteroatoms. The Kier molecular flexibility index (Phi) is 7.53. The summed E-state index contributed by atoms with van der Waals surface area (Å²) in [7, 11) is -3.78. The van der Waals surface area contributed by atoms with Gasteiger partial charge in [0.1, 0.15) is 0 Å². The van der Waals surface area contributed by atoms with Crippen LogP contribution in [0.2, 0.25) is 5.02 Å². The molecule has 2 aromatic rings. The third-order valence-corrected chi connectivity index (χ3v) is 5.51. The van der Waals surface area contributed by atoms with Crippen molar-refractivity contribution in [3.8, 4) is 0 Å². The minimum atomic E-state index is -3.78. The van der Waals surface area contributed by atoms with E-state index in [-0.39, 0.29) is 29.6 Å². The van der Waals surface area contributed by atoms with Gasteiger partial charge in [0.2, 0.25) is 15.9 Å². The molecule has 1 amide bonds. The molecule has 144 valence electrons. The molecule has 0 bridgehead atoms. The van der Waals surface area contributed by atoms with Crippen LogP contribution in [0.25, 0.3) is 0 Å². The van der Waals surface area contributed by atoms with Crippen LogP contribution < -0.4 is 10.0 Å². The molecule has 0 spiro atoms. The van der Waals surface area contributed by atoms with Gasteiger partial charge in [-0.25, -0.2) is 13.1 Å². The highest BCUT2D eigenvalue weighted by molar-refractivity contribution is 7.89. The third-order valence-electron chi connectivity index (χ3n) is 3.82. The third kappa shape index (κ3) is 6.78. The Bertz CT molecular complexity index is 929. The van der Waals surface area contributed by atoms with E-state index >= 15 is 0 Å². The molecule has 0 aliphatic rings. The van der Waals surface area contributed by atoms with Gasteiger partial charge in [0, 0.05) is 30.1 Å². The van der Waals surface area contributed by atoms with Gasteiger partial charge < -0.3 is 5.32 Å². The van der Waals surface area contributed by atoms with E-state index in [1.807, 2.05) is 18.2 Å². The molecule has 0 aliphatic heterocycles. The van der Waals surface area contributed by atoms with Crippen LogP contribution >= 0.6 is 11.6 Å². The van der Waals surface area contributed by atoms with Crippen molar-refractivity contribution in [2.75, 3.05) is 13.1 Å². The Morgan fingerprint density at radius 1 is 1.04 bits per heavy atom. The van der Waals surface area contributed by atoms with E-state index in [1.54, 1.807) is 12.1 Å². The van der Waals surface area contributed by atoms with Crippen LogP contribution in [-0.4, -0.2) is 33.2 Å². The summed E-state index contributed by atoms with van der Waals surface area (Å²) in [6.07, 6.45) is 0.650. The minimum Gasteiger partial charge on any atom is -0.356 e. The maximum Gasteiger partial charge on any atom is 0.240 e. The lowest BCUT2D eigenvalue weighted by molar-refractivity contribution is -0.120. The summed E-state index contributed by atoms with van der Waals surface area (Å²) in [5.74, 6) is -0.469. The van der Waals surface area contributed by atoms with Crippen LogP contribution in [0, 0.1) is 0 Å². The fourth-order valence-corrected chi connectivity index (χ4v) is 3.68. The Hall–Kier alpha value is -2.22. The zero-order chi connectivity index (χ0) is 19.9. The molecule has 2 rings (SSSR count). The molecule has 0 aliphatic carbocycles. The van der Waals surface area contributed by atoms with Crippen molar-refractivity contribution in [2.45, 2.75) is 24.7 Å². The Morgan fingerprint density at radius 2 is 1.78 bits per heavy atom. The smallest absolute Gasteiger partial charge is 0.240 e. The first kappa shape index (κ1) is 21.1. The van der Waals surface area contributed by atoms with E-state index in [1.165, 1.54) is 25.1 Å². The lowest BCUT2D eigenvalue weighted by atomic mass is 10.1. The van der Waals surface area contributed by atoms with Crippen molar-refractivity contribution in [1.29, 1.82) is 0 Å². The number of rotatable bonds is 9. The average Bonchev–Trinajstić information content (AvgIpc) is 2.62. The molecule has 0 atom stereocenters. The van der Waals surface area contributed by atoms with Gasteiger partial charge in [-0.15, -0.1) is 0 Å². The first-order valence-corrected chi connectivity index (χ1v) is 10.3. The molecule has 0 aromatic heterocycles. The number of ketones is 1. The average molecular weight is 409 g/mol. The number of carbonyl (C=O) groups excluding carboxylic acids is 2. The van der Waals surface area contributed by atoms with Crippen molar-refractivity contribution < 1.29 is 18.0 Å². The van der Waals surface area contributed by atoms with Crippen molar-refractivity contribution in [2.24, 2.45) is 0 Å². The van der Waals surface area contributed by atoms with Gasteiger partial charge in [0.25, 0.3) is 0 Å². The molecule has 0 heterocycles. The van der Waals surface area contributed by atoms with Crippen LogP contribution in [-0.2, 0) is 21.2 Å². The van der Waals surface area contributed by atoms with Gasteiger partial charge in [-0.3, -0.25) is 9.59 Å². The van der Waals surface area contributed by atoms with Gasteiger partial charge in [0.05, 0.1) is 4.90 Å². The van der Waals surface area contributed by atoms with E-state index in [0.717, 1.165) is 5.56 Å². The number of halogens is 1. The lowest BCUT2D eigenvalue weighted by Crippen LogP contribution is -2.31. The van der Waals surface area contributed by atoms with Crippen LogP contribution in [0.4, 0.5) is 0 Å². The standard InChI is InChI=1S/C19H21ClN2O4S/c1-14(23)16-5-3-7-18(13-16)27(25,26)22-11-9-19(24)21-10-8-15-4-2-6-17(20)12-15/h2-7,12-13,22H,8-11H2,1H3,(H,21,24). The minimum absolute atomic E-state index is 0.00318. The highest BCUT2D eigenvalue weighted by Crippen LogP contribution is 2.12. The van der Waals surface area contributed by atoms with Gasteiger partial charge in [0.15, 0.2) is 5.78 Å². The second-order valence-electron chi connectivity index (χ2n) is 5.96. The fourth-order valence-electron chi connectivity index (χ4n) is 2.39. The van der Waals surface area contributed by atoms with Gasteiger partial charge in [-0.1, -0.05) is 35.9 Å². The highest BCUT2D eigenvalue weighted by atomic mass is 35.5. The summed E-state index contributed by atoms with van der Waals surface area (Å²) >= 11 is 5.90. The summed E-state index contributed by atoms with van der Waals surface area (Å²) in [6, 6.07) is 13.1. The molecule has 0 saturated carbocycles. The molecule has 2 aromatic carbocycles. The number of hydrogen-bond acceptors (Lipinski definition) is 4. The van der Waals surface area contributed by atoms with E-state index in [0.29, 0.717) is 23.6 Å². The van der Waals surface area contributed by atoms with Crippen LogP contribution in [0.3, 0.4) is 0 Å². The zero-order valence-electron chi connectivity index (χ0n) is 14.9. The SMILES string of the molecule is CC(=O)c1cccc(S(=O)(=O)NCCC(=O)NCCc2cccc(Cl)c2)c1. The molecule has 27 heavy (non-hydrogen) atoms.